The lowest BCUT2D eigenvalue weighted by molar-refractivity contribution is 0.179. The van der Waals surface area contributed by atoms with Gasteiger partial charge < -0.3 is 30.1 Å². The first-order valence-electron chi connectivity index (χ1n) is 10.7. The number of fused-ring (bicyclic) bond motifs is 2. The van der Waals surface area contributed by atoms with Crippen LogP contribution in [-0.2, 0) is 17.8 Å². The molecule has 0 atom stereocenters. The minimum atomic E-state index is 0.449. The molecule has 0 saturated carbocycles. The topological polar surface area (TPSA) is 113 Å². The van der Waals surface area contributed by atoms with Crippen molar-refractivity contribution < 1.29 is 9.47 Å². The third kappa shape index (κ3) is 4.58. The molecule has 168 valence electrons. The molecule has 33 heavy (non-hydrogen) atoms. The molecule has 0 saturated heterocycles. The zero-order chi connectivity index (χ0) is 22.6. The molecule has 5 rings (SSSR count). The predicted molar refractivity (Wildman–Crippen MR) is 129 cm³/mol. The molecule has 0 aliphatic rings. The van der Waals surface area contributed by atoms with Gasteiger partial charge in [-0.3, -0.25) is 0 Å². The second-order valence-corrected chi connectivity index (χ2v) is 7.64. The highest BCUT2D eigenvalue weighted by Crippen LogP contribution is 2.24. The summed E-state index contributed by atoms with van der Waals surface area (Å²) in [4.78, 5) is 20.0. The highest BCUT2D eigenvalue weighted by molar-refractivity contribution is 5.84. The maximum absolute atomic E-state index is 5.35. The van der Waals surface area contributed by atoms with E-state index in [1.165, 1.54) is 5.56 Å². The molecule has 3 heterocycles. The van der Waals surface area contributed by atoms with E-state index in [9.17, 15) is 0 Å². The number of rotatable bonds is 9. The third-order valence-corrected chi connectivity index (χ3v) is 5.39. The smallest absolute Gasteiger partial charge is 0.224 e. The summed E-state index contributed by atoms with van der Waals surface area (Å²) in [5.74, 6) is 2.93. The largest absolute Gasteiger partial charge is 0.497 e. The highest BCUT2D eigenvalue weighted by atomic mass is 16.5. The number of nitrogens with zero attached hydrogens (tertiary/aromatic N) is 3. The van der Waals surface area contributed by atoms with E-state index in [0.29, 0.717) is 24.9 Å². The molecule has 4 N–H and O–H groups in total. The Balaban J connectivity index is 1.24. The van der Waals surface area contributed by atoms with E-state index >= 15 is 0 Å². The SMILES string of the molecule is COCc1nc2ccc(Nc3ccnc(NCCc4c[nH]c5ccc(OC)cc45)n3)cc2[nH]1. The lowest BCUT2D eigenvalue weighted by atomic mass is 10.1. The number of anilines is 3. The van der Waals surface area contributed by atoms with Gasteiger partial charge in [0.15, 0.2) is 0 Å². The Labute approximate surface area is 190 Å². The number of nitrogens with one attached hydrogen (secondary N) is 4. The van der Waals surface area contributed by atoms with Gasteiger partial charge in [-0.25, -0.2) is 9.97 Å². The van der Waals surface area contributed by atoms with Crippen LogP contribution in [-0.4, -0.2) is 45.7 Å². The number of hydrogen-bond acceptors (Lipinski definition) is 7. The van der Waals surface area contributed by atoms with Crippen LogP contribution in [0.1, 0.15) is 11.4 Å². The van der Waals surface area contributed by atoms with E-state index < -0.39 is 0 Å². The van der Waals surface area contributed by atoms with Crippen LogP contribution in [0.15, 0.2) is 54.9 Å². The highest BCUT2D eigenvalue weighted by Gasteiger charge is 2.07. The molecule has 0 aliphatic heterocycles. The van der Waals surface area contributed by atoms with Crippen molar-refractivity contribution >= 4 is 39.4 Å². The molecular formula is C24H25N7O2. The van der Waals surface area contributed by atoms with Gasteiger partial charge in [-0.15, -0.1) is 0 Å². The van der Waals surface area contributed by atoms with E-state index in [1.807, 2.05) is 42.6 Å². The molecule has 0 amide bonds. The molecule has 9 heteroatoms. The first-order valence-corrected chi connectivity index (χ1v) is 10.7. The predicted octanol–water partition coefficient (Wildman–Crippen LogP) is 4.39. The van der Waals surface area contributed by atoms with Gasteiger partial charge in [-0.2, -0.15) is 4.98 Å². The summed E-state index contributed by atoms with van der Waals surface area (Å²) in [7, 11) is 3.33. The van der Waals surface area contributed by atoms with E-state index in [0.717, 1.165) is 45.6 Å². The molecular weight excluding hydrogens is 418 g/mol. The molecule has 0 unspecified atom stereocenters. The van der Waals surface area contributed by atoms with Crippen molar-refractivity contribution in [1.29, 1.82) is 0 Å². The summed E-state index contributed by atoms with van der Waals surface area (Å²) >= 11 is 0. The second-order valence-electron chi connectivity index (χ2n) is 7.64. The van der Waals surface area contributed by atoms with E-state index in [2.05, 4.69) is 41.6 Å². The monoisotopic (exact) mass is 443 g/mol. The summed E-state index contributed by atoms with van der Waals surface area (Å²) in [6.45, 7) is 1.15. The fourth-order valence-corrected chi connectivity index (χ4v) is 3.81. The van der Waals surface area contributed by atoms with Gasteiger partial charge in [0.25, 0.3) is 0 Å². The molecule has 0 bridgehead atoms. The van der Waals surface area contributed by atoms with Crippen LogP contribution in [0.5, 0.6) is 5.75 Å². The van der Waals surface area contributed by atoms with Crippen LogP contribution in [0.3, 0.4) is 0 Å². The van der Waals surface area contributed by atoms with Crippen LogP contribution < -0.4 is 15.4 Å². The fourth-order valence-electron chi connectivity index (χ4n) is 3.81. The molecule has 0 aliphatic carbocycles. The van der Waals surface area contributed by atoms with Crippen molar-refractivity contribution in [2.45, 2.75) is 13.0 Å². The molecule has 9 nitrogen and oxygen atoms in total. The molecule has 2 aromatic carbocycles. The van der Waals surface area contributed by atoms with Crippen molar-refractivity contribution in [3.05, 3.63) is 66.2 Å². The van der Waals surface area contributed by atoms with E-state index in [1.54, 1.807) is 20.4 Å². The molecule has 5 aromatic rings. The summed E-state index contributed by atoms with van der Waals surface area (Å²) in [6, 6.07) is 13.8. The van der Waals surface area contributed by atoms with Crippen LogP contribution >= 0.6 is 0 Å². The van der Waals surface area contributed by atoms with Gasteiger partial charge in [-0.05, 0) is 54.4 Å². The number of aromatic nitrogens is 5. The maximum Gasteiger partial charge on any atom is 0.224 e. The van der Waals surface area contributed by atoms with Crippen LogP contribution in [0.2, 0.25) is 0 Å². The van der Waals surface area contributed by atoms with Crippen LogP contribution in [0.25, 0.3) is 21.9 Å². The van der Waals surface area contributed by atoms with Gasteiger partial charge in [0.1, 0.15) is 24.0 Å². The summed E-state index contributed by atoms with van der Waals surface area (Å²) in [5.41, 5.74) is 5.05. The van der Waals surface area contributed by atoms with Crippen molar-refractivity contribution in [1.82, 2.24) is 24.9 Å². The van der Waals surface area contributed by atoms with Crippen molar-refractivity contribution in [2.24, 2.45) is 0 Å². The number of hydrogen-bond donors (Lipinski definition) is 4. The maximum atomic E-state index is 5.35. The van der Waals surface area contributed by atoms with Crippen LogP contribution in [0, 0.1) is 0 Å². The summed E-state index contributed by atoms with van der Waals surface area (Å²) in [6.07, 6.45) is 4.60. The van der Waals surface area contributed by atoms with E-state index in [-0.39, 0.29) is 0 Å². The number of ether oxygens (including phenoxy) is 2. The standard InChI is InChI=1S/C24H25N7O2/c1-32-14-23-29-20-5-3-16(11-21(20)30-23)28-22-8-10-26-24(31-22)25-9-7-15-13-27-19-6-4-17(33-2)12-18(15)19/h3-6,8,10-13,27H,7,9,14H2,1-2H3,(H,29,30)(H2,25,26,28,31). The van der Waals surface area contributed by atoms with Gasteiger partial charge in [0, 0.05) is 42.6 Å². The van der Waals surface area contributed by atoms with Crippen molar-refractivity contribution in [2.75, 3.05) is 31.4 Å². The minimum Gasteiger partial charge on any atom is -0.497 e. The Bertz CT molecular complexity index is 1390. The Morgan fingerprint density at radius 3 is 2.82 bits per heavy atom. The average molecular weight is 444 g/mol. The lowest BCUT2D eigenvalue weighted by Gasteiger charge is -2.08. The number of methoxy groups -OCH3 is 2. The minimum absolute atomic E-state index is 0.449. The second kappa shape index (κ2) is 9.17. The fraction of sp³-hybridized carbons (Fsp3) is 0.208. The molecule has 0 spiro atoms. The Kier molecular flexibility index (Phi) is 5.77. The zero-order valence-corrected chi connectivity index (χ0v) is 18.5. The summed E-state index contributed by atoms with van der Waals surface area (Å²) in [5, 5.41) is 7.80. The Morgan fingerprint density at radius 1 is 1.00 bits per heavy atom. The number of benzene rings is 2. The number of H-pyrrole nitrogens is 2. The quantitative estimate of drug-likeness (QED) is 0.267. The Hall–Kier alpha value is -4.11. The van der Waals surface area contributed by atoms with Gasteiger partial charge in [-0.1, -0.05) is 0 Å². The van der Waals surface area contributed by atoms with Gasteiger partial charge >= 0.3 is 0 Å². The zero-order valence-electron chi connectivity index (χ0n) is 18.5. The van der Waals surface area contributed by atoms with E-state index in [4.69, 9.17) is 9.47 Å². The number of imidazole rings is 1. The first kappa shape index (κ1) is 20.8. The molecule has 3 aromatic heterocycles. The first-order chi connectivity index (χ1) is 16.2. The third-order valence-electron chi connectivity index (χ3n) is 5.39. The van der Waals surface area contributed by atoms with Crippen molar-refractivity contribution in [3.63, 3.8) is 0 Å². The van der Waals surface area contributed by atoms with Crippen LogP contribution in [0.4, 0.5) is 17.5 Å². The molecule has 0 radical (unpaired) electrons. The normalized spacial score (nSPS) is 11.2. The van der Waals surface area contributed by atoms with Crippen molar-refractivity contribution in [3.8, 4) is 5.75 Å². The van der Waals surface area contributed by atoms with Gasteiger partial charge in [0.2, 0.25) is 5.95 Å². The number of aromatic amines is 2. The lowest BCUT2D eigenvalue weighted by Crippen LogP contribution is -2.08. The average Bonchev–Trinajstić information content (AvgIpc) is 3.42. The summed E-state index contributed by atoms with van der Waals surface area (Å²) < 4.78 is 10.5. The van der Waals surface area contributed by atoms with Gasteiger partial charge in [0.05, 0.1) is 18.1 Å². The molecule has 0 fully saturated rings. The Morgan fingerprint density at radius 2 is 1.94 bits per heavy atom.